The van der Waals surface area contributed by atoms with Crippen LogP contribution in [0.3, 0.4) is 0 Å². The Morgan fingerprint density at radius 1 is 0.556 bits per heavy atom. The standard InChI is InChI=1S/C46H79NO7/c1-6-8-10-12-14-16-18-20-21-22-23-25-27-29-31-33-35-37-45(49)54-42(40-52-39-38-43(46(50)51)47(3,4)5)41-53-44(48)36-34-32-30-28-26-24-19-17-15-13-11-9-7-2/h14,16,20-21,23-26,29,31,42-43H,6-13,15,17-19,22,27-28,30,32-41H2,1-5H3/p+1/b16-14+,21-20+,25-23+,26-24+,31-29+. The number of rotatable bonds is 37. The number of likely N-dealkylation sites (N-methyl/N-ethyl adjacent to an activating group) is 1. The lowest BCUT2D eigenvalue weighted by Gasteiger charge is -2.31. The number of unbranched alkanes of at least 4 members (excludes halogenated alkanes) is 13. The van der Waals surface area contributed by atoms with E-state index < -0.39 is 18.1 Å². The number of carbonyl (C=O) groups is 3. The highest BCUT2D eigenvalue weighted by atomic mass is 16.6. The van der Waals surface area contributed by atoms with Crippen molar-refractivity contribution >= 4 is 17.9 Å². The van der Waals surface area contributed by atoms with E-state index in [9.17, 15) is 19.5 Å². The Labute approximate surface area is 330 Å². The first-order valence-corrected chi connectivity index (χ1v) is 21.3. The molecule has 0 rings (SSSR count). The number of quaternary nitrogens is 1. The molecular weight excluding hydrogens is 679 g/mol. The molecule has 1 N–H and O–H groups in total. The number of aliphatic carboxylic acids is 1. The Hall–Kier alpha value is -2.97. The van der Waals surface area contributed by atoms with Gasteiger partial charge < -0.3 is 23.8 Å². The molecular formula is C46H80NO7+. The van der Waals surface area contributed by atoms with Crippen LogP contribution in [0.2, 0.25) is 0 Å². The summed E-state index contributed by atoms with van der Waals surface area (Å²) in [7, 11) is 5.49. The highest BCUT2D eigenvalue weighted by Gasteiger charge is 2.31. The zero-order valence-corrected chi connectivity index (χ0v) is 35.2. The summed E-state index contributed by atoms with van der Waals surface area (Å²) in [6.45, 7) is 4.61. The van der Waals surface area contributed by atoms with Crippen LogP contribution in [0, 0.1) is 0 Å². The van der Waals surface area contributed by atoms with Crippen LogP contribution < -0.4 is 0 Å². The Balaban J connectivity index is 4.51. The average molecular weight is 759 g/mol. The number of hydrogen-bond donors (Lipinski definition) is 1. The molecule has 0 aromatic carbocycles. The van der Waals surface area contributed by atoms with Crippen LogP contribution >= 0.6 is 0 Å². The van der Waals surface area contributed by atoms with Crippen molar-refractivity contribution in [3.05, 3.63) is 60.8 Å². The number of allylic oxidation sites excluding steroid dienone is 10. The molecule has 0 aliphatic carbocycles. The molecule has 0 fully saturated rings. The van der Waals surface area contributed by atoms with Gasteiger partial charge in [0.2, 0.25) is 0 Å². The molecule has 0 radical (unpaired) electrons. The minimum absolute atomic E-state index is 0.0325. The fraction of sp³-hybridized carbons (Fsp3) is 0.717. The van der Waals surface area contributed by atoms with Gasteiger partial charge in [0.05, 0.1) is 34.4 Å². The normalized spacial score (nSPS) is 13.6. The molecule has 0 aromatic rings. The van der Waals surface area contributed by atoms with E-state index in [1.807, 2.05) is 21.1 Å². The fourth-order valence-corrected chi connectivity index (χ4v) is 5.78. The first kappa shape index (κ1) is 51.0. The van der Waals surface area contributed by atoms with Gasteiger partial charge in [-0.25, -0.2) is 4.79 Å². The van der Waals surface area contributed by atoms with Crippen LogP contribution in [0.4, 0.5) is 0 Å². The van der Waals surface area contributed by atoms with Crippen LogP contribution in [0.15, 0.2) is 60.8 Å². The summed E-state index contributed by atoms with van der Waals surface area (Å²) < 4.78 is 17.2. The lowest BCUT2D eigenvalue weighted by molar-refractivity contribution is -0.887. The Morgan fingerprint density at radius 2 is 1.00 bits per heavy atom. The number of carboxylic acid groups (broad SMARTS) is 1. The van der Waals surface area contributed by atoms with Gasteiger partial charge in [0.25, 0.3) is 0 Å². The van der Waals surface area contributed by atoms with Crippen LogP contribution in [0.1, 0.15) is 162 Å². The van der Waals surface area contributed by atoms with E-state index in [2.05, 4.69) is 74.6 Å². The predicted octanol–water partition coefficient (Wildman–Crippen LogP) is 11.4. The van der Waals surface area contributed by atoms with Gasteiger partial charge in [-0.15, -0.1) is 0 Å². The zero-order chi connectivity index (χ0) is 40.0. The molecule has 0 heterocycles. The minimum Gasteiger partial charge on any atom is -0.477 e. The van der Waals surface area contributed by atoms with Crippen molar-refractivity contribution in [2.24, 2.45) is 0 Å². The molecule has 310 valence electrons. The number of ether oxygens (including phenoxy) is 3. The number of esters is 2. The predicted molar refractivity (Wildman–Crippen MR) is 224 cm³/mol. The van der Waals surface area contributed by atoms with Gasteiger partial charge in [0.1, 0.15) is 6.61 Å². The molecule has 8 nitrogen and oxygen atoms in total. The smallest absolute Gasteiger partial charge is 0.362 e. The van der Waals surface area contributed by atoms with E-state index in [0.717, 1.165) is 57.8 Å². The average Bonchev–Trinajstić information content (AvgIpc) is 3.12. The second kappa shape index (κ2) is 37.0. The zero-order valence-electron chi connectivity index (χ0n) is 35.2. The molecule has 0 aliphatic rings. The molecule has 0 bridgehead atoms. The number of nitrogens with zero attached hydrogens (tertiary/aromatic N) is 1. The molecule has 0 aliphatic heterocycles. The topological polar surface area (TPSA) is 99.1 Å². The summed E-state index contributed by atoms with van der Waals surface area (Å²) in [4.78, 5) is 36.9. The summed E-state index contributed by atoms with van der Waals surface area (Å²) >= 11 is 0. The maximum atomic E-state index is 12.7. The van der Waals surface area contributed by atoms with Gasteiger partial charge in [-0.1, -0.05) is 126 Å². The van der Waals surface area contributed by atoms with Crippen LogP contribution in [-0.2, 0) is 28.6 Å². The van der Waals surface area contributed by atoms with Crippen molar-refractivity contribution in [1.82, 2.24) is 0 Å². The first-order valence-electron chi connectivity index (χ1n) is 21.3. The molecule has 8 heteroatoms. The van der Waals surface area contributed by atoms with E-state index in [4.69, 9.17) is 14.2 Å². The number of carboxylic acids is 1. The summed E-state index contributed by atoms with van der Waals surface area (Å²) in [5.74, 6) is -1.57. The van der Waals surface area contributed by atoms with Gasteiger partial charge in [-0.05, 0) is 77.0 Å². The van der Waals surface area contributed by atoms with Crippen molar-refractivity contribution in [2.45, 2.75) is 174 Å². The number of carbonyl (C=O) groups excluding carboxylic acids is 2. The van der Waals surface area contributed by atoms with Crippen LogP contribution in [0.5, 0.6) is 0 Å². The van der Waals surface area contributed by atoms with Crippen LogP contribution in [-0.4, -0.2) is 80.6 Å². The van der Waals surface area contributed by atoms with E-state index in [0.29, 0.717) is 19.3 Å². The summed E-state index contributed by atoms with van der Waals surface area (Å²) in [6.07, 6.45) is 44.1. The highest BCUT2D eigenvalue weighted by Crippen LogP contribution is 2.12. The minimum atomic E-state index is -0.888. The van der Waals surface area contributed by atoms with E-state index in [-0.39, 0.29) is 42.7 Å². The van der Waals surface area contributed by atoms with Crippen molar-refractivity contribution in [1.29, 1.82) is 0 Å². The molecule has 54 heavy (non-hydrogen) atoms. The first-order chi connectivity index (χ1) is 26.1. The molecule has 0 saturated carbocycles. The SMILES string of the molecule is CCCCC/C=C/C/C=C/C/C=C/C/C=C/CCCC(=O)OC(COCCC(C(=O)O)[N+](C)(C)C)COC(=O)CCCCC/C=C/CCCCCCCC. The molecule has 2 atom stereocenters. The maximum absolute atomic E-state index is 12.7. The Morgan fingerprint density at radius 3 is 1.56 bits per heavy atom. The maximum Gasteiger partial charge on any atom is 0.362 e. The van der Waals surface area contributed by atoms with Crippen molar-refractivity contribution in [2.75, 3.05) is 41.0 Å². The van der Waals surface area contributed by atoms with E-state index >= 15 is 0 Å². The second-order valence-electron chi connectivity index (χ2n) is 15.2. The number of hydrogen-bond acceptors (Lipinski definition) is 6. The lowest BCUT2D eigenvalue weighted by atomic mass is 10.1. The van der Waals surface area contributed by atoms with Crippen molar-refractivity contribution in [3.63, 3.8) is 0 Å². The monoisotopic (exact) mass is 759 g/mol. The van der Waals surface area contributed by atoms with Crippen LogP contribution in [0.25, 0.3) is 0 Å². The highest BCUT2D eigenvalue weighted by molar-refractivity contribution is 5.72. The Kier molecular flexibility index (Phi) is 34.9. The van der Waals surface area contributed by atoms with Gasteiger partial charge >= 0.3 is 17.9 Å². The Bertz CT molecular complexity index is 1070. The van der Waals surface area contributed by atoms with Crippen molar-refractivity contribution in [3.8, 4) is 0 Å². The van der Waals surface area contributed by atoms with E-state index in [1.54, 1.807) is 0 Å². The summed E-state index contributed by atoms with van der Waals surface area (Å²) in [6, 6.07) is -0.627. The summed E-state index contributed by atoms with van der Waals surface area (Å²) in [5.41, 5.74) is 0. The third-order valence-corrected chi connectivity index (χ3v) is 9.14. The fourth-order valence-electron chi connectivity index (χ4n) is 5.78. The quantitative estimate of drug-likeness (QED) is 0.0291. The molecule has 0 amide bonds. The lowest BCUT2D eigenvalue weighted by Crippen LogP contribution is -2.50. The molecule has 0 spiro atoms. The third kappa shape index (κ3) is 34.8. The molecule has 0 saturated heterocycles. The molecule has 0 aromatic heterocycles. The van der Waals surface area contributed by atoms with Gasteiger partial charge in [0.15, 0.2) is 12.1 Å². The van der Waals surface area contributed by atoms with Gasteiger partial charge in [-0.2, -0.15) is 0 Å². The molecule has 2 unspecified atom stereocenters. The largest absolute Gasteiger partial charge is 0.477 e. The third-order valence-electron chi connectivity index (χ3n) is 9.14. The van der Waals surface area contributed by atoms with Crippen molar-refractivity contribution < 1.29 is 38.2 Å². The van der Waals surface area contributed by atoms with E-state index in [1.165, 1.54) is 64.2 Å². The summed E-state index contributed by atoms with van der Waals surface area (Å²) in [5, 5.41) is 9.60. The van der Waals surface area contributed by atoms with Gasteiger partial charge in [0, 0.05) is 19.3 Å². The van der Waals surface area contributed by atoms with Gasteiger partial charge in [-0.3, -0.25) is 9.59 Å². The second-order valence-corrected chi connectivity index (χ2v) is 15.2.